The smallest absolute Gasteiger partial charge is 0.241 e. The van der Waals surface area contributed by atoms with Crippen LogP contribution in [-0.2, 0) is 10.0 Å². The van der Waals surface area contributed by atoms with Crippen LogP contribution in [0.25, 0.3) is 0 Å². The summed E-state index contributed by atoms with van der Waals surface area (Å²) in [6.07, 6.45) is 1.38. The first kappa shape index (κ1) is 15.9. The third kappa shape index (κ3) is 4.01. The van der Waals surface area contributed by atoms with E-state index in [0.29, 0.717) is 0 Å². The summed E-state index contributed by atoms with van der Waals surface area (Å²) in [6, 6.07) is 9.87. The average molecular weight is 371 g/mol. The molecule has 1 unspecified atom stereocenters. The molecular weight excluding hydrogens is 356 g/mol. The van der Waals surface area contributed by atoms with E-state index >= 15 is 0 Å². The Hall–Kier alpha value is -1.48. The number of nitrogen functional groups attached to an aromatic ring is 1. The molecule has 1 aromatic heterocycles. The number of sulfonamides is 1. The summed E-state index contributed by atoms with van der Waals surface area (Å²) < 4.78 is 28.2. The molecule has 0 aliphatic rings. The van der Waals surface area contributed by atoms with Crippen LogP contribution in [0.2, 0.25) is 0 Å². The Labute approximate surface area is 131 Å². The highest BCUT2D eigenvalue weighted by atomic mass is 79.9. The molecule has 112 valence electrons. The molecule has 0 aliphatic heterocycles. The number of pyridine rings is 1. The predicted octanol–water partition coefficient (Wildman–Crippen LogP) is 2.17. The van der Waals surface area contributed by atoms with Crippen LogP contribution in [0.3, 0.4) is 0 Å². The van der Waals surface area contributed by atoms with Gasteiger partial charge in [-0.05, 0) is 30.7 Å². The summed E-state index contributed by atoms with van der Waals surface area (Å²) in [6.45, 7) is 1.78. The van der Waals surface area contributed by atoms with Gasteiger partial charge in [-0.15, -0.1) is 0 Å². The van der Waals surface area contributed by atoms with E-state index in [2.05, 4.69) is 31.1 Å². The number of nitrogens with two attached hydrogens (primary N) is 1. The number of nitrogens with zero attached hydrogens (tertiary/aromatic N) is 1. The van der Waals surface area contributed by atoms with E-state index in [-0.39, 0.29) is 16.8 Å². The third-order valence-corrected chi connectivity index (χ3v) is 4.96. The van der Waals surface area contributed by atoms with Crippen molar-refractivity contribution < 1.29 is 8.42 Å². The van der Waals surface area contributed by atoms with E-state index in [1.54, 1.807) is 6.92 Å². The van der Waals surface area contributed by atoms with Crippen LogP contribution in [0.1, 0.15) is 18.5 Å². The number of hydrogen-bond donors (Lipinski definition) is 3. The van der Waals surface area contributed by atoms with Crippen molar-refractivity contribution in [2.75, 3.05) is 5.43 Å². The number of benzene rings is 1. The van der Waals surface area contributed by atoms with Gasteiger partial charge in [-0.25, -0.2) is 24.0 Å². The first-order chi connectivity index (χ1) is 9.92. The number of nitrogens with one attached hydrogen (secondary N) is 2. The standard InChI is InChI=1S/C13H15BrN4O2S/c1-9(10-2-4-11(14)5-3-10)18-21(19,20)12-6-7-16-13(8-12)17-15/h2-9,18H,15H2,1H3,(H,16,17). The first-order valence-electron chi connectivity index (χ1n) is 6.13. The lowest BCUT2D eigenvalue weighted by atomic mass is 10.1. The molecule has 21 heavy (non-hydrogen) atoms. The Bertz CT molecular complexity index is 719. The highest BCUT2D eigenvalue weighted by molar-refractivity contribution is 9.10. The Morgan fingerprint density at radius 3 is 2.52 bits per heavy atom. The van der Waals surface area contributed by atoms with E-state index in [4.69, 9.17) is 5.84 Å². The highest BCUT2D eigenvalue weighted by Gasteiger charge is 2.18. The lowest BCUT2D eigenvalue weighted by Gasteiger charge is -2.15. The van der Waals surface area contributed by atoms with Crippen LogP contribution in [0, 0.1) is 0 Å². The Morgan fingerprint density at radius 2 is 1.90 bits per heavy atom. The number of aromatic nitrogens is 1. The van der Waals surface area contributed by atoms with Crippen LogP contribution in [0.4, 0.5) is 5.82 Å². The van der Waals surface area contributed by atoms with Gasteiger partial charge in [0.25, 0.3) is 0 Å². The SMILES string of the molecule is CC(NS(=O)(=O)c1ccnc(NN)c1)c1ccc(Br)cc1. The van der Waals surface area contributed by atoms with Gasteiger partial charge < -0.3 is 5.43 Å². The number of rotatable bonds is 5. The fourth-order valence-corrected chi connectivity index (χ4v) is 3.29. The van der Waals surface area contributed by atoms with E-state index in [0.717, 1.165) is 10.0 Å². The van der Waals surface area contributed by atoms with Crippen LogP contribution in [0.15, 0.2) is 52.0 Å². The summed E-state index contributed by atoms with van der Waals surface area (Å²) in [7, 11) is -3.65. The van der Waals surface area contributed by atoms with Crippen molar-refractivity contribution in [1.82, 2.24) is 9.71 Å². The van der Waals surface area contributed by atoms with E-state index < -0.39 is 10.0 Å². The second kappa shape index (κ2) is 6.52. The van der Waals surface area contributed by atoms with Crippen molar-refractivity contribution in [2.24, 2.45) is 5.84 Å². The molecule has 0 radical (unpaired) electrons. The maximum absolute atomic E-state index is 12.3. The van der Waals surface area contributed by atoms with Crippen LogP contribution in [0.5, 0.6) is 0 Å². The van der Waals surface area contributed by atoms with Gasteiger partial charge in [-0.1, -0.05) is 28.1 Å². The molecule has 0 aliphatic carbocycles. The molecule has 8 heteroatoms. The molecule has 0 saturated heterocycles. The van der Waals surface area contributed by atoms with E-state index in [1.807, 2.05) is 24.3 Å². The van der Waals surface area contributed by atoms with Gasteiger partial charge >= 0.3 is 0 Å². The summed E-state index contributed by atoms with van der Waals surface area (Å²) in [5, 5.41) is 0. The summed E-state index contributed by atoms with van der Waals surface area (Å²) in [5.74, 6) is 5.52. The zero-order chi connectivity index (χ0) is 15.5. The lowest BCUT2D eigenvalue weighted by Crippen LogP contribution is -2.27. The fraction of sp³-hybridized carbons (Fsp3) is 0.154. The fourth-order valence-electron chi connectivity index (χ4n) is 1.78. The molecule has 0 amide bonds. The number of anilines is 1. The number of hydrazine groups is 1. The van der Waals surface area contributed by atoms with Gasteiger partial charge in [0, 0.05) is 22.8 Å². The maximum atomic E-state index is 12.3. The van der Waals surface area contributed by atoms with Crippen LogP contribution in [-0.4, -0.2) is 13.4 Å². The summed E-state index contributed by atoms with van der Waals surface area (Å²) >= 11 is 3.34. The van der Waals surface area contributed by atoms with E-state index in [1.165, 1.54) is 18.3 Å². The summed E-state index contributed by atoms with van der Waals surface area (Å²) in [4.78, 5) is 3.99. The molecule has 0 spiro atoms. The monoisotopic (exact) mass is 370 g/mol. The minimum absolute atomic E-state index is 0.106. The lowest BCUT2D eigenvalue weighted by molar-refractivity contribution is 0.567. The topological polar surface area (TPSA) is 97.1 Å². The first-order valence-corrected chi connectivity index (χ1v) is 8.40. The third-order valence-electron chi connectivity index (χ3n) is 2.89. The minimum atomic E-state index is -3.65. The molecule has 2 rings (SSSR count). The van der Waals surface area contributed by atoms with Gasteiger partial charge in [-0.3, -0.25) is 0 Å². The molecule has 1 heterocycles. The molecule has 0 bridgehead atoms. The maximum Gasteiger partial charge on any atom is 0.241 e. The minimum Gasteiger partial charge on any atom is -0.308 e. The van der Waals surface area contributed by atoms with Crippen LogP contribution >= 0.6 is 15.9 Å². The van der Waals surface area contributed by atoms with Crippen molar-refractivity contribution in [1.29, 1.82) is 0 Å². The molecule has 0 fully saturated rings. The van der Waals surface area contributed by atoms with Crippen molar-refractivity contribution in [3.8, 4) is 0 Å². The quantitative estimate of drug-likeness (QED) is 0.553. The zero-order valence-corrected chi connectivity index (χ0v) is 13.6. The summed E-state index contributed by atoms with van der Waals surface area (Å²) in [5.41, 5.74) is 3.19. The molecule has 1 atom stereocenters. The second-order valence-electron chi connectivity index (χ2n) is 4.42. The molecule has 2 aromatic rings. The van der Waals surface area contributed by atoms with Crippen LogP contribution < -0.4 is 16.0 Å². The Kier molecular flexibility index (Phi) is 4.94. The zero-order valence-electron chi connectivity index (χ0n) is 11.2. The van der Waals surface area contributed by atoms with E-state index in [9.17, 15) is 8.42 Å². The Balaban J connectivity index is 2.22. The average Bonchev–Trinajstić information content (AvgIpc) is 2.47. The molecular formula is C13H15BrN4O2S. The molecule has 4 N–H and O–H groups in total. The molecule has 0 saturated carbocycles. The Morgan fingerprint density at radius 1 is 1.24 bits per heavy atom. The van der Waals surface area contributed by atoms with Gasteiger partial charge in [0.1, 0.15) is 5.82 Å². The highest BCUT2D eigenvalue weighted by Crippen LogP contribution is 2.20. The predicted molar refractivity (Wildman–Crippen MR) is 84.9 cm³/mol. The normalized spacial score (nSPS) is 12.9. The van der Waals surface area contributed by atoms with Gasteiger partial charge in [0.05, 0.1) is 4.90 Å². The number of hydrogen-bond acceptors (Lipinski definition) is 5. The van der Waals surface area contributed by atoms with Crippen molar-refractivity contribution >= 4 is 31.8 Å². The number of halogens is 1. The van der Waals surface area contributed by atoms with Crippen molar-refractivity contribution in [3.05, 3.63) is 52.6 Å². The molecule has 1 aromatic carbocycles. The largest absolute Gasteiger partial charge is 0.308 e. The molecule has 6 nitrogen and oxygen atoms in total. The van der Waals surface area contributed by atoms with Gasteiger partial charge in [0.15, 0.2) is 0 Å². The van der Waals surface area contributed by atoms with Crippen molar-refractivity contribution in [2.45, 2.75) is 17.9 Å². The second-order valence-corrected chi connectivity index (χ2v) is 7.05. The van der Waals surface area contributed by atoms with Gasteiger partial charge in [-0.2, -0.15) is 0 Å². The van der Waals surface area contributed by atoms with Crippen molar-refractivity contribution in [3.63, 3.8) is 0 Å². The van der Waals surface area contributed by atoms with Gasteiger partial charge in [0.2, 0.25) is 10.0 Å².